The molecule has 0 aliphatic carbocycles. The standard InChI is InChI=1S/C18H27N3O4S/c1-9-14-13(10(2)22)17(23)21(14)15(18(24)25)16(9)26-12-4-6-20(8-12)11-3-5-19-7-11/h9-14,19,22H,3-8H2,1-2H3,(H,24,25)/t9-,10-,11?,12-,13-,14-/m1/s1. The van der Waals surface area contributed by atoms with Crippen LogP contribution in [0.4, 0.5) is 0 Å². The minimum absolute atomic E-state index is 0.0365. The summed E-state index contributed by atoms with van der Waals surface area (Å²) in [5.41, 5.74) is 0.149. The SMILES string of the molecule is C[C@@H](O)[C@H]1C(=O)N2C(C(=O)O)=C(S[C@@H]3CCN(C4CCNC4)C3)[C@H](C)[C@H]12. The molecule has 0 spiro atoms. The predicted octanol–water partition coefficient (Wildman–Crippen LogP) is 0.310. The topological polar surface area (TPSA) is 93.1 Å². The van der Waals surface area contributed by atoms with Gasteiger partial charge in [-0.25, -0.2) is 4.79 Å². The van der Waals surface area contributed by atoms with E-state index in [1.807, 2.05) is 6.92 Å². The summed E-state index contributed by atoms with van der Waals surface area (Å²) in [6.07, 6.45) is 1.47. The Labute approximate surface area is 157 Å². The zero-order valence-corrected chi connectivity index (χ0v) is 16.0. The van der Waals surface area contributed by atoms with Crippen LogP contribution in [0.1, 0.15) is 26.7 Å². The molecule has 26 heavy (non-hydrogen) atoms. The highest BCUT2D eigenvalue weighted by Gasteiger charge is 2.60. The lowest BCUT2D eigenvalue weighted by atomic mass is 9.79. The molecule has 0 aromatic carbocycles. The third-order valence-electron chi connectivity index (χ3n) is 6.33. The maximum absolute atomic E-state index is 12.4. The number of hydrogen-bond donors (Lipinski definition) is 3. The number of carboxylic acid groups (broad SMARTS) is 1. The maximum atomic E-state index is 12.4. The number of nitrogens with one attached hydrogen (secondary N) is 1. The second kappa shape index (κ2) is 6.82. The number of likely N-dealkylation sites (tertiary alicyclic amines) is 1. The number of β-lactam (4-membered cyclic amide) rings is 1. The van der Waals surface area contributed by atoms with Crippen LogP contribution in [0.25, 0.3) is 0 Å². The average molecular weight is 381 g/mol. The van der Waals surface area contributed by atoms with Crippen molar-refractivity contribution in [3.8, 4) is 0 Å². The van der Waals surface area contributed by atoms with Gasteiger partial charge in [-0.05, 0) is 32.9 Å². The van der Waals surface area contributed by atoms with Crippen LogP contribution in [0.3, 0.4) is 0 Å². The van der Waals surface area contributed by atoms with Crippen LogP contribution in [0.15, 0.2) is 10.6 Å². The number of rotatable bonds is 5. The van der Waals surface area contributed by atoms with Crippen LogP contribution in [0.2, 0.25) is 0 Å². The smallest absolute Gasteiger partial charge is 0.353 e. The lowest BCUT2D eigenvalue weighted by Crippen LogP contribution is -2.63. The summed E-state index contributed by atoms with van der Waals surface area (Å²) in [5, 5.41) is 23.4. The fraction of sp³-hybridized carbons (Fsp3) is 0.778. The first-order chi connectivity index (χ1) is 12.4. The third-order valence-corrected chi connectivity index (χ3v) is 7.87. The molecule has 4 heterocycles. The molecule has 3 fully saturated rings. The summed E-state index contributed by atoms with van der Waals surface area (Å²) in [5.74, 6) is -1.81. The van der Waals surface area contributed by atoms with Crippen molar-refractivity contribution in [2.45, 2.75) is 50.1 Å². The highest BCUT2D eigenvalue weighted by molar-refractivity contribution is 8.03. The van der Waals surface area contributed by atoms with E-state index in [9.17, 15) is 19.8 Å². The van der Waals surface area contributed by atoms with E-state index in [1.54, 1.807) is 18.7 Å². The van der Waals surface area contributed by atoms with Crippen LogP contribution in [-0.4, -0.2) is 81.5 Å². The summed E-state index contributed by atoms with van der Waals surface area (Å²) in [6, 6.07) is 0.378. The molecular formula is C18H27N3O4S. The quantitative estimate of drug-likeness (QED) is 0.590. The van der Waals surface area contributed by atoms with Crippen LogP contribution < -0.4 is 5.32 Å². The van der Waals surface area contributed by atoms with E-state index in [0.717, 1.165) is 37.5 Å². The first-order valence-corrected chi connectivity index (χ1v) is 10.4. The Kier molecular flexibility index (Phi) is 4.79. The number of aliphatic carboxylic acids is 1. The zero-order valence-electron chi connectivity index (χ0n) is 15.2. The summed E-state index contributed by atoms with van der Waals surface area (Å²) < 4.78 is 0. The maximum Gasteiger partial charge on any atom is 0.353 e. The van der Waals surface area contributed by atoms with E-state index in [-0.39, 0.29) is 23.6 Å². The van der Waals surface area contributed by atoms with Crippen LogP contribution >= 0.6 is 11.8 Å². The van der Waals surface area contributed by atoms with Gasteiger partial charge in [-0.1, -0.05) is 6.92 Å². The van der Waals surface area contributed by atoms with Crippen molar-refractivity contribution in [1.82, 2.24) is 15.1 Å². The Morgan fingerprint density at radius 1 is 1.38 bits per heavy atom. The number of carboxylic acids is 1. The molecule has 0 aromatic rings. The Morgan fingerprint density at radius 2 is 2.15 bits per heavy atom. The Morgan fingerprint density at radius 3 is 2.77 bits per heavy atom. The molecule has 0 saturated carbocycles. The minimum Gasteiger partial charge on any atom is -0.477 e. The molecule has 0 radical (unpaired) electrons. The fourth-order valence-corrected chi connectivity index (χ4v) is 6.49. The van der Waals surface area contributed by atoms with Crippen molar-refractivity contribution in [3.63, 3.8) is 0 Å². The van der Waals surface area contributed by atoms with Crippen molar-refractivity contribution >= 4 is 23.6 Å². The summed E-state index contributed by atoms with van der Waals surface area (Å²) >= 11 is 1.65. The average Bonchev–Trinajstić information content (AvgIpc) is 3.28. The molecule has 8 heteroatoms. The van der Waals surface area contributed by atoms with Crippen molar-refractivity contribution in [2.75, 3.05) is 26.2 Å². The van der Waals surface area contributed by atoms with E-state index < -0.39 is 18.0 Å². The fourth-order valence-electron chi connectivity index (χ4n) is 4.99. The molecule has 4 aliphatic heterocycles. The second-order valence-corrected chi connectivity index (χ2v) is 9.28. The van der Waals surface area contributed by atoms with Crippen LogP contribution in [-0.2, 0) is 9.59 Å². The molecule has 4 rings (SSSR count). The number of hydrogen-bond acceptors (Lipinski definition) is 6. The Bertz CT molecular complexity index is 646. The van der Waals surface area contributed by atoms with Gasteiger partial charge >= 0.3 is 5.97 Å². The lowest BCUT2D eigenvalue weighted by molar-refractivity contribution is -0.163. The summed E-state index contributed by atoms with van der Waals surface area (Å²) in [4.78, 5) is 29.0. The molecule has 0 aromatic heterocycles. The number of carbonyl (C=O) groups excluding carboxylic acids is 1. The van der Waals surface area contributed by atoms with Gasteiger partial charge in [0.15, 0.2) is 0 Å². The third kappa shape index (κ3) is 2.78. The molecule has 3 N–H and O–H groups in total. The highest BCUT2D eigenvalue weighted by atomic mass is 32.2. The Balaban J connectivity index is 1.50. The van der Waals surface area contributed by atoms with E-state index in [4.69, 9.17) is 0 Å². The molecule has 144 valence electrons. The van der Waals surface area contributed by atoms with Gasteiger partial charge < -0.3 is 20.4 Å². The molecule has 1 unspecified atom stereocenters. The molecule has 0 bridgehead atoms. The monoisotopic (exact) mass is 381 g/mol. The second-order valence-electron chi connectivity index (χ2n) is 7.94. The van der Waals surface area contributed by atoms with Crippen molar-refractivity contribution in [2.24, 2.45) is 11.8 Å². The number of thioether (sulfide) groups is 1. The number of carbonyl (C=O) groups is 2. The van der Waals surface area contributed by atoms with Gasteiger partial charge in [0.25, 0.3) is 0 Å². The number of nitrogens with zero attached hydrogens (tertiary/aromatic N) is 2. The van der Waals surface area contributed by atoms with E-state index in [0.29, 0.717) is 11.3 Å². The first kappa shape index (κ1) is 18.3. The lowest BCUT2D eigenvalue weighted by Gasteiger charge is -2.46. The van der Waals surface area contributed by atoms with Gasteiger partial charge in [-0.3, -0.25) is 9.69 Å². The zero-order chi connectivity index (χ0) is 18.6. The van der Waals surface area contributed by atoms with Gasteiger partial charge in [0.1, 0.15) is 5.70 Å². The molecule has 4 aliphatic rings. The Hall–Kier alpha value is -1.09. The summed E-state index contributed by atoms with van der Waals surface area (Å²) in [7, 11) is 0. The van der Waals surface area contributed by atoms with Crippen molar-refractivity contribution in [3.05, 3.63) is 10.6 Å². The van der Waals surface area contributed by atoms with E-state index in [1.165, 1.54) is 11.3 Å². The van der Waals surface area contributed by atoms with Gasteiger partial charge in [0.2, 0.25) is 5.91 Å². The van der Waals surface area contributed by atoms with E-state index in [2.05, 4.69) is 10.2 Å². The predicted molar refractivity (Wildman–Crippen MR) is 98.5 cm³/mol. The molecule has 6 atom stereocenters. The van der Waals surface area contributed by atoms with Crippen molar-refractivity contribution in [1.29, 1.82) is 0 Å². The van der Waals surface area contributed by atoms with Gasteiger partial charge in [-0.2, -0.15) is 0 Å². The molecule has 1 amide bonds. The molecule has 3 saturated heterocycles. The van der Waals surface area contributed by atoms with Crippen LogP contribution in [0, 0.1) is 11.8 Å². The minimum atomic E-state index is -1.03. The highest BCUT2D eigenvalue weighted by Crippen LogP contribution is 2.51. The molecule has 7 nitrogen and oxygen atoms in total. The number of aliphatic hydroxyl groups excluding tert-OH is 1. The van der Waals surface area contributed by atoms with Gasteiger partial charge in [-0.15, -0.1) is 11.8 Å². The number of fused-ring (bicyclic) bond motifs is 1. The van der Waals surface area contributed by atoms with Crippen LogP contribution in [0.5, 0.6) is 0 Å². The normalized spacial score (nSPS) is 38.7. The number of aliphatic hydroxyl groups is 1. The molecular weight excluding hydrogens is 354 g/mol. The summed E-state index contributed by atoms with van der Waals surface area (Å²) in [6.45, 7) is 7.74. The number of amides is 1. The van der Waals surface area contributed by atoms with E-state index >= 15 is 0 Å². The van der Waals surface area contributed by atoms with Gasteiger partial charge in [0.05, 0.1) is 18.1 Å². The largest absolute Gasteiger partial charge is 0.477 e. The van der Waals surface area contributed by atoms with Gasteiger partial charge in [0, 0.05) is 35.2 Å². The van der Waals surface area contributed by atoms with Crippen molar-refractivity contribution < 1.29 is 19.8 Å². The first-order valence-electron chi connectivity index (χ1n) is 9.50.